The number of fused-ring (bicyclic) bond motifs is 1. The van der Waals surface area contributed by atoms with E-state index < -0.39 is 15.9 Å². The number of para-hydroxylation sites is 1. The zero-order chi connectivity index (χ0) is 26.0. The first-order valence-electron chi connectivity index (χ1n) is 12.6. The summed E-state index contributed by atoms with van der Waals surface area (Å²) in [6, 6.07) is 16.1. The average Bonchev–Trinajstić information content (AvgIpc) is 3.50. The Labute approximate surface area is 216 Å². The van der Waals surface area contributed by atoms with E-state index in [-0.39, 0.29) is 29.1 Å². The molecule has 2 saturated heterocycles. The summed E-state index contributed by atoms with van der Waals surface area (Å²) in [7, 11) is -3.32. The maximum absolute atomic E-state index is 13.0. The number of carbonyl (C=O) groups is 1. The molecular weight excluding hydrogens is 494 g/mol. The fourth-order valence-electron chi connectivity index (χ4n) is 5.15. The minimum atomic E-state index is -3.32. The van der Waals surface area contributed by atoms with Crippen LogP contribution in [0.15, 0.2) is 59.5 Å². The number of H-pyrrole nitrogens is 1. The molecule has 2 aliphatic rings. The maximum atomic E-state index is 13.0. The highest BCUT2D eigenvalue weighted by Crippen LogP contribution is 2.36. The van der Waals surface area contributed by atoms with Gasteiger partial charge in [0, 0.05) is 42.8 Å². The number of aromatic nitrogens is 1. The summed E-state index contributed by atoms with van der Waals surface area (Å²) in [4.78, 5) is 18.3. The molecule has 198 valence electrons. The second kappa shape index (κ2) is 10.4. The molecule has 0 saturated carbocycles. The number of carbonyl (C=O) groups excluding carboxylic acids is 1. The van der Waals surface area contributed by atoms with E-state index in [4.69, 9.17) is 9.47 Å². The first-order valence-corrected chi connectivity index (χ1v) is 14.5. The van der Waals surface area contributed by atoms with Crippen LogP contribution in [0.5, 0.6) is 5.75 Å². The molecule has 2 fully saturated rings. The number of piperidine rings is 1. The normalized spacial score (nSPS) is 20.4. The lowest BCUT2D eigenvalue weighted by Crippen LogP contribution is -2.47. The zero-order valence-corrected chi connectivity index (χ0v) is 21.7. The van der Waals surface area contributed by atoms with Crippen molar-refractivity contribution in [3.8, 4) is 5.75 Å². The number of aliphatic hydroxyl groups is 1. The molecule has 2 unspecified atom stereocenters. The summed E-state index contributed by atoms with van der Waals surface area (Å²) in [5, 5.41) is 14.8. The second-order valence-corrected chi connectivity index (χ2v) is 12.1. The van der Waals surface area contributed by atoms with Crippen LogP contribution in [-0.4, -0.2) is 86.2 Å². The number of aromatic amines is 1. The van der Waals surface area contributed by atoms with Crippen molar-refractivity contribution in [1.29, 1.82) is 0 Å². The lowest BCUT2D eigenvalue weighted by Gasteiger charge is -2.38. The third-order valence-corrected chi connectivity index (χ3v) is 8.36. The Morgan fingerprint density at radius 2 is 2.00 bits per heavy atom. The number of benzene rings is 2. The van der Waals surface area contributed by atoms with Crippen molar-refractivity contribution >= 4 is 26.6 Å². The number of hydrogen-bond donors (Lipinski definition) is 3. The van der Waals surface area contributed by atoms with Gasteiger partial charge in [-0.15, -0.1) is 0 Å². The van der Waals surface area contributed by atoms with E-state index in [0.29, 0.717) is 37.7 Å². The summed E-state index contributed by atoms with van der Waals surface area (Å²) in [6.07, 6.45) is 2.77. The van der Waals surface area contributed by atoms with Crippen molar-refractivity contribution in [1.82, 2.24) is 15.2 Å². The maximum Gasteiger partial charge on any atom is 0.270 e. The number of ether oxygens (including phenoxy) is 2. The van der Waals surface area contributed by atoms with Gasteiger partial charge in [0.05, 0.1) is 17.1 Å². The zero-order valence-electron chi connectivity index (χ0n) is 20.9. The van der Waals surface area contributed by atoms with E-state index in [1.807, 2.05) is 35.2 Å². The molecular formula is C27H33N3O6S. The van der Waals surface area contributed by atoms with Crippen LogP contribution in [0.2, 0.25) is 0 Å². The summed E-state index contributed by atoms with van der Waals surface area (Å²) in [6.45, 7) is 2.22. The van der Waals surface area contributed by atoms with Crippen LogP contribution in [-0.2, 0) is 14.6 Å². The van der Waals surface area contributed by atoms with Crippen LogP contribution in [0.25, 0.3) is 10.9 Å². The molecule has 9 nitrogen and oxygen atoms in total. The molecule has 0 bridgehead atoms. The van der Waals surface area contributed by atoms with Crippen molar-refractivity contribution in [3.63, 3.8) is 0 Å². The van der Waals surface area contributed by atoms with E-state index in [2.05, 4.69) is 10.3 Å². The Morgan fingerprint density at radius 1 is 1.22 bits per heavy atom. The van der Waals surface area contributed by atoms with Gasteiger partial charge in [0.15, 0.2) is 9.84 Å². The van der Waals surface area contributed by atoms with E-state index in [1.54, 1.807) is 12.1 Å². The van der Waals surface area contributed by atoms with Crippen LogP contribution in [0.3, 0.4) is 0 Å². The Balaban J connectivity index is 1.06. The number of likely N-dealkylation sites (tertiary alicyclic amines) is 1. The summed E-state index contributed by atoms with van der Waals surface area (Å²) in [5.41, 5.74) is 1.33. The fraction of sp³-hybridized carbons (Fsp3) is 0.444. The lowest BCUT2D eigenvalue weighted by molar-refractivity contribution is -0.0390. The first-order chi connectivity index (χ1) is 17.7. The minimum absolute atomic E-state index is 0.0175. The Hall–Kier alpha value is -2.92. The molecule has 5 rings (SSSR count). The van der Waals surface area contributed by atoms with E-state index in [0.717, 1.165) is 36.4 Å². The smallest absolute Gasteiger partial charge is 0.270 e. The quantitative estimate of drug-likeness (QED) is 0.411. The van der Waals surface area contributed by atoms with Gasteiger partial charge < -0.3 is 29.8 Å². The van der Waals surface area contributed by atoms with Crippen LogP contribution in [0.1, 0.15) is 29.8 Å². The molecule has 37 heavy (non-hydrogen) atoms. The van der Waals surface area contributed by atoms with Gasteiger partial charge in [-0.1, -0.05) is 24.3 Å². The molecule has 0 aliphatic carbocycles. The first kappa shape index (κ1) is 25.7. The lowest BCUT2D eigenvalue weighted by atomic mass is 9.87. The number of amides is 1. The topological polar surface area (TPSA) is 121 Å². The number of nitrogens with zero attached hydrogens (tertiary/aromatic N) is 1. The standard InChI is InChI=1S/C27H33N3O6S/c1-37(33,34)23-7-4-6-22(14-23)35-18-21(31)16-28-20-15-27(36-17-20)9-11-30(12-10-27)26(32)25-13-19-5-2-3-8-24(19)29-25/h2-8,13-14,20-21,28-29,31H,9-12,15-18H2,1H3. The molecule has 2 aliphatic heterocycles. The number of aliphatic hydroxyl groups excluding tert-OH is 1. The van der Waals surface area contributed by atoms with Gasteiger partial charge in [-0.05, 0) is 49.6 Å². The molecule has 10 heteroatoms. The fourth-order valence-corrected chi connectivity index (χ4v) is 5.80. The SMILES string of the molecule is CS(=O)(=O)c1cccc(OCC(O)CNC2COC3(CCN(C(=O)c4cc5ccccc5[nH]4)CC3)C2)c1. The van der Waals surface area contributed by atoms with Gasteiger partial charge in [0.25, 0.3) is 5.91 Å². The number of rotatable bonds is 8. The average molecular weight is 528 g/mol. The third-order valence-electron chi connectivity index (χ3n) is 7.25. The van der Waals surface area contributed by atoms with Crippen molar-refractivity contribution < 1.29 is 27.8 Å². The molecule has 0 radical (unpaired) electrons. The van der Waals surface area contributed by atoms with Gasteiger partial charge in [-0.25, -0.2) is 8.42 Å². The predicted molar refractivity (Wildman–Crippen MR) is 140 cm³/mol. The van der Waals surface area contributed by atoms with Crippen molar-refractivity contribution in [2.75, 3.05) is 39.1 Å². The van der Waals surface area contributed by atoms with Crippen molar-refractivity contribution in [2.24, 2.45) is 0 Å². The van der Waals surface area contributed by atoms with Crippen LogP contribution in [0.4, 0.5) is 0 Å². The van der Waals surface area contributed by atoms with Crippen LogP contribution >= 0.6 is 0 Å². The van der Waals surface area contributed by atoms with E-state index >= 15 is 0 Å². The number of hydrogen-bond acceptors (Lipinski definition) is 7. The number of nitrogens with one attached hydrogen (secondary N) is 2. The molecule has 3 aromatic rings. The monoisotopic (exact) mass is 527 g/mol. The molecule has 1 aromatic heterocycles. The third kappa shape index (κ3) is 5.98. The van der Waals surface area contributed by atoms with Gasteiger partial charge in [-0.2, -0.15) is 0 Å². The summed E-state index contributed by atoms with van der Waals surface area (Å²) >= 11 is 0. The predicted octanol–water partition coefficient (Wildman–Crippen LogP) is 2.36. The largest absolute Gasteiger partial charge is 0.491 e. The molecule has 1 spiro atoms. The van der Waals surface area contributed by atoms with Gasteiger partial charge in [-0.3, -0.25) is 4.79 Å². The highest BCUT2D eigenvalue weighted by atomic mass is 32.2. The van der Waals surface area contributed by atoms with Crippen molar-refractivity contribution in [3.05, 3.63) is 60.3 Å². The highest BCUT2D eigenvalue weighted by molar-refractivity contribution is 7.90. The summed E-state index contributed by atoms with van der Waals surface area (Å²) < 4.78 is 35.2. The Bertz CT molecular complexity index is 1330. The highest BCUT2D eigenvalue weighted by Gasteiger charge is 2.43. The number of sulfone groups is 1. The molecule has 2 atom stereocenters. The van der Waals surface area contributed by atoms with E-state index in [9.17, 15) is 18.3 Å². The van der Waals surface area contributed by atoms with Crippen LogP contribution in [0, 0.1) is 0 Å². The Kier molecular flexibility index (Phi) is 7.26. The molecule has 3 heterocycles. The molecule has 2 aromatic carbocycles. The van der Waals surface area contributed by atoms with Gasteiger partial charge in [0.1, 0.15) is 24.2 Å². The van der Waals surface area contributed by atoms with Gasteiger partial charge in [0.2, 0.25) is 0 Å². The Morgan fingerprint density at radius 3 is 2.76 bits per heavy atom. The van der Waals surface area contributed by atoms with Crippen molar-refractivity contribution in [2.45, 2.75) is 41.9 Å². The van der Waals surface area contributed by atoms with E-state index in [1.165, 1.54) is 12.1 Å². The van der Waals surface area contributed by atoms with Crippen LogP contribution < -0.4 is 10.1 Å². The minimum Gasteiger partial charge on any atom is -0.491 e. The summed E-state index contributed by atoms with van der Waals surface area (Å²) in [5.74, 6) is 0.419. The second-order valence-electron chi connectivity index (χ2n) is 10.1. The molecule has 1 amide bonds. The van der Waals surface area contributed by atoms with Gasteiger partial charge >= 0.3 is 0 Å². The molecule has 3 N–H and O–H groups in total.